The van der Waals surface area contributed by atoms with E-state index in [-0.39, 0.29) is 12.4 Å². The Labute approximate surface area is 124 Å². The van der Waals surface area contributed by atoms with Gasteiger partial charge in [-0.05, 0) is 43.7 Å². The van der Waals surface area contributed by atoms with Crippen molar-refractivity contribution < 1.29 is 9.26 Å². The van der Waals surface area contributed by atoms with Crippen molar-refractivity contribution in [3.8, 4) is 17.1 Å². The van der Waals surface area contributed by atoms with Gasteiger partial charge >= 0.3 is 0 Å². The molecule has 5 nitrogen and oxygen atoms in total. The SMILES string of the molecule is COc1ccc(-c2noc(CCCCCN)n2)cc1.Cl. The number of rotatable bonds is 7. The third kappa shape index (κ3) is 4.51. The van der Waals surface area contributed by atoms with E-state index < -0.39 is 0 Å². The number of hydrogen-bond donors (Lipinski definition) is 1. The van der Waals surface area contributed by atoms with Crippen LogP contribution >= 0.6 is 12.4 Å². The van der Waals surface area contributed by atoms with E-state index in [0.29, 0.717) is 11.7 Å². The maximum atomic E-state index is 5.45. The molecule has 0 saturated carbocycles. The summed E-state index contributed by atoms with van der Waals surface area (Å²) in [6.07, 6.45) is 3.97. The van der Waals surface area contributed by atoms with Gasteiger partial charge in [-0.2, -0.15) is 4.98 Å². The van der Waals surface area contributed by atoms with Crippen LogP contribution in [0.25, 0.3) is 11.4 Å². The second kappa shape index (κ2) is 8.55. The Hall–Kier alpha value is -1.59. The Morgan fingerprint density at radius 1 is 1.15 bits per heavy atom. The average molecular weight is 298 g/mol. The summed E-state index contributed by atoms with van der Waals surface area (Å²) in [5, 5.41) is 3.99. The van der Waals surface area contributed by atoms with Gasteiger partial charge in [0, 0.05) is 12.0 Å². The van der Waals surface area contributed by atoms with Crippen molar-refractivity contribution >= 4 is 12.4 Å². The topological polar surface area (TPSA) is 74.2 Å². The van der Waals surface area contributed by atoms with Crippen LogP contribution in [0.2, 0.25) is 0 Å². The van der Waals surface area contributed by atoms with E-state index in [4.69, 9.17) is 15.0 Å². The first-order valence-corrected chi connectivity index (χ1v) is 6.50. The van der Waals surface area contributed by atoms with Gasteiger partial charge in [-0.1, -0.05) is 11.6 Å². The van der Waals surface area contributed by atoms with Crippen LogP contribution < -0.4 is 10.5 Å². The number of unbranched alkanes of at least 4 members (excludes halogenated alkanes) is 2. The molecule has 1 aromatic heterocycles. The van der Waals surface area contributed by atoms with Gasteiger partial charge < -0.3 is 15.0 Å². The smallest absolute Gasteiger partial charge is 0.226 e. The second-order valence-corrected chi connectivity index (χ2v) is 4.34. The Kier molecular flexibility index (Phi) is 7.04. The number of methoxy groups -OCH3 is 1. The van der Waals surface area contributed by atoms with Crippen molar-refractivity contribution in [3.05, 3.63) is 30.2 Å². The third-order valence-electron chi connectivity index (χ3n) is 2.91. The predicted molar refractivity (Wildman–Crippen MR) is 80.1 cm³/mol. The molecule has 0 bridgehead atoms. The number of aromatic nitrogens is 2. The molecule has 6 heteroatoms. The number of benzene rings is 1. The monoisotopic (exact) mass is 297 g/mol. The van der Waals surface area contributed by atoms with Crippen molar-refractivity contribution in [2.75, 3.05) is 13.7 Å². The maximum Gasteiger partial charge on any atom is 0.226 e. The largest absolute Gasteiger partial charge is 0.497 e. The zero-order valence-corrected chi connectivity index (χ0v) is 12.4. The molecule has 1 aromatic carbocycles. The van der Waals surface area contributed by atoms with E-state index >= 15 is 0 Å². The zero-order valence-electron chi connectivity index (χ0n) is 11.5. The lowest BCUT2D eigenvalue weighted by Crippen LogP contribution is -1.98. The van der Waals surface area contributed by atoms with Crippen molar-refractivity contribution in [1.82, 2.24) is 10.1 Å². The molecule has 0 radical (unpaired) electrons. The molecule has 0 amide bonds. The summed E-state index contributed by atoms with van der Waals surface area (Å²) < 4.78 is 10.3. The summed E-state index contributed by atoms with van der Waals surface area (Å²) >= 11 is 0. The summed E-state index contributed by atoms with van der Waals surface area (Å²) in [5.41, 5.74) is 6.38. The van der Waals surface area contributed by atoms with Gasteiger partial charge in [0.2, 0.25) is 11.7 Å². The molecular formula is C14H20ClN3O2. The van der Waals surface area contributed by atoms with Crippen LogP contribution in [0, 0.1) is 0 Å². The third-order valence-corrected chi connectivity index (χ3v) is 2.91. The molecule has 2 N–H and O–H groups in total. The highest BCUT2D eigenvalue weighted by Gasteiger charge is 2.08. The van der Waals surface area contributed by atoms with Gasteiger partial charge in [-0.15, -0.1) is 12.4 Å². The number of nitrogens with zero attached hydrogens (tertiary/aromatic N) is 2. The first-order valence-electron chi connectivity index (χ1n) is 6.50. The van der Waals surface area contributed by atoms with Crippen molar-refractivity contribution in [2.24, 2.45) is 5.73 Å². The predicted octanol–water partition coefficient (Wildman–Crippen LogP) is 2.84. The van der Waals surface area contributed by atoms with Crippen molar-refractivity contribution in [1.29, 1.82) is 0 Å². The van der Waals surface area contributed by atoms with Gasteiger partial charge in [-0.25, -0.2) is 0 Å². The first kappa shape index (κ1) is 16.5. The maximum absolute atomic E-state index is 5.45. The molecular weight excluding hydrogens is 278 g/mol. The number of nitrogens with two attached hydrogens (primary N) is 1. The highest BCUT2D eigenvalue weighted by molar-refractivity contribution is 5.85. The summed E-state index contributed by atoms with van der Waals surface area (Å²) in [7, 11) is 1.64. The highest BCUT2D eigenvalue weighted by Crippen LogP contribution is 2.20. The minimum Gasteiger partial charge on any atom is -0.497 e. The molecule has 1 heterocycles. The minimum absolute atomic E-state index is 0. The summed E-state index contributed by atoms with van der Waals surface area (Å²) in [4.78, 5) is 4.38. The molecule has 0 aliphatic rings. The van der Waals surface area contributed by atoms with E-state index in [2.05, 4.69) is 10.1 Å². The summed E-state index contributed by atoms with van der Waals surface area (Å²) in [6, 6.07) is 7.60. The fourth-order valence-electron chi connectivity index (χ4n) is 1.81. The van der Waals surface area contributed by atoms with Gasteiger partial charge in [0.15, 0.2) is 0 Å². The van der Waals surface area contributed by atoms with Crippen LogP contribution in [0.15, 0.2) is 28.8 Å². The fraction of sp³-hybridized carbons (Fsp3) is 0.429. The van der Waals surface area contributed by atoms with Crippen LogP contribution in [0.5, 0.6) is 5.75 Å². The highest BCUT2D eigenvalue weighted by atomic mass is 35.5. The van der Waals surface area contributed by atoms with E-state index in [1.807, 2.05) is 24.3 Å². The molecule has 20 heavy (non-hydrogen) atoms. The number of aryl methyl sites for hydroxylation is 1. The van der Waals surface area contributed by atoms with Gasteiger partial charge in [0.25, 0.3) is 0 Å². The molecule has 0 atom stereocenters. The van der Waals surface area contributed by atoms with E-state index in [9.17, 15) is 0 Å². The first-order chi connectivity index (χ1) is 9.33. The van der Waals surface area contributed by atoms with Crippen LogP contribution in [-0.2, 0) is 6.42 Å². The Bertz CT molecular complexity index is 499. The molecule has 0 spiro atoms. The number of ether oxygens (including phenoxy) is 1. The Balaban J connectivity index is 0.00000200. The lowest BCUT2D eigenvalue weighted by Gasteiger charge is -1.98. The number of hydrogen-bond acceptors (Lipinski definition) is 5. The van der Waals surface area contributed by atoms with Crippen LogP contribution in [0.3, 0.4) is 0 Å². The lowest BCUT2D eigenvalue weighted by atomic mass is 10.2. The van der Waals surface area contributed by atoms with Crippen molar-refractivity contribution in [3.63, 3.8) is 0 Å². The quantitative estimate of drug-likeness (QED) is 0.795. The van der Waals surface area contributed by atoms with Crippen LogP contribution in [-0.4, -0.2) is 23.8 Å². The van der Waals surface area contributed by atoms with E-state index in [0.717, 1.165) is 43.5 Å². The zero-order chi connectivity index (χ0) is 13.5. The fourth-order valence-corrected chi connectivity index (χ4v) is 1.81. The van der Waals surface area contributed by atoms with Crippen molar-refractivity contribution in [2.45, 2.75) is 25.7 Å². The standard InChI is InChI=1S/C14H19N3O2.ClH/c1-18-12-8-6-11(7-9-12)14-16-13(19-17-14)5-3-2-4-10-15;/h6-9H,2-5,10,15H2,1H3;1H. The molecule has 2 rings (SSSR count). The Morgan fingerprint density at radius 2 is 1.90 bits per heavy atom. The van der Waals surface area contributed by atoms with E-state index in [1.54, 1.807) is 7.11 Å². The molecule has 0 unspecified atom stereocenters. The molecule has 0 saturated heterocycles. The Morgan fingerprint density at radius 3 is 2.55 bits per heavy atom. The van der Waals surface area contributed by atoms with Crippen LogP contribution in [0.4, 0.5) is 0 Å². The molecule has 0 fully saturated rings. The van der Waals surface area contributed by atoms with Crippen LogP contribution in [0.1, 0.15) is 25.2 Å². The van der Waals surface area contributed by atoms with E-state index in [1.165, 1.54) is 0 Å². The normalized spacial score (nSPS) is 10.1. The van der Waals surface area contributed by atoms with Gasteiger partial charge in [0.1, 0.15) is 5.75 Å². The second-order valence-electron chi connectivity index (χ2n) is 4.34. The average Bonchev–Trinajstić information content (AvgIpc) is 2.92. The lowest BCUT2D eigenvalue weighted by molar-refractivity contribution is 0.374. The molecule has 0 aliphatic heterocycles. The molecule has 0 aliphatic carbocycles. The van der Waals surface area contributed by atoms with Gasteiger partial charge in [0.05, 0.1) is 7.11 Å². The molecule has 2 aromatic rings. The summed E-state index contributed by atoms with van der Waals surface area (Å²) in [6.45, 7) is 0.737. The minimum atomic E-state index is 0. The summed E-state index contributed by atoms with van der Waals surface area (Å²) in [5.74, 6) is 2.12. The molecule has 110 valence electrons. The number of halogens is 1. The van der Waals surface area contributed by atoms with Gasteiger partial charge in [-0.3, -0.25) is 0 Å².